The minimum absolute atomic E-state index is 0.451. The molecule has 0 fully saturated rings. The fourth-order valence-corrected chi connectivity index (χ4v) is 1.77. The Hall–Kier alpha value is -1.51. The van der Waals surface area contributed by atoms with Crippen molar-refractivity contribution in [3.05, 3.63) is 29.7 Å². The second kappa shape index (κ2) is 3.57. The van der Waals surface area contributed by atoms with Gasteiger partial charge in [0.25, 0.3) is 0 Å². The topological polar surface area (TPSA) is 26.5 Å². The van der Waals surface area contributed by atoms with Crippen molar-refractivity contribution in [2.24, 2.45) is 0 Å². The highest BCUT2D eigenvalue weighted by Crippen LogP contribution is 2.27. The highest BCUT2D eigenvalue weighted by atomic mass is 16.5. The van der Waals surface area contributed by atoms with Crippen LogP contribution in [0.2, 0.25) is 0 Å². The molecule has 3 heteroatoms. The number of nitrogens with zero attached hydrogens (tertiary/aromatic N) is 2. The second-order valence-corrected chi connectivity index (χ2v) is 4.10. The molecule has 0 atom stereocenters. The Morgan fingerprint density at radius 1 is 1.33 bits per heavy atom. The van der Waals surface area contributed by atoms with Gasteiger partial charge in [-0.05, 0) is 12.8 Å². The Morgan fingerprint density at radius 3 is 2.67 bits per heavy atom. The minimum atomic E-state index is 0.451. The van der Waals surface area contributed by atoms with Crippen LogP contribution in [0.15, 0.2) is 18.5 Å². The summed E-state index contributed by atoms with van der Waals surface area (Å²) in [6.07, 6.45) is 4.12. The number of rotatable bonds is 2. The molecule has 0 unspecified atom stereocenters. The summed E-state index contributed by atoms with van der Waals surface area (Å²) in [5, 5.41) is 0. The van der Waals surface area contributed by atoms with Crippen molar-refractivity contribution in [3.63, 3.8) is 0 Å². The zero-order valence-electron chi connectivity index (χ0n) is 9.61. The molecule has 2 heterocycles. The van der Waals surface area contributed by atoms with Gasteiger partial charge >= 0.3 is 0 Å². The van der Waals surface area contributed by atoms with E-state index in [1.54, 1.807) is 7.11 Å². The van der Waals surface area contributed by atoms with Gasteiger partial charge in [0.05, 0.1) is 12.8 Å². The van der Waals surface area contributed by atoms with Gasteiger partial charge in [0.15, 0.2) is 0 Å². The van der Waals surface area contributed by atoms with Gasteiger partial charge in [0.1, 0.15) is 11.4 Å². The number of hydrogen-bond donors (Lipinski definition) is 0. The largest absolute Gasteiger partial charge is 0.496 e. The van der Waals surface area contributed by atoms with Crippen molar-refractivity contribution >= 4 is 5.65 Å². The maximum Gasteiger partial charge on any atom is 0.140 e. The first-order chi connectivity index (χ1) is 7.11. The van der Waals surface area contributed by atoms with Crippen molar-refractivity contribution in [1.29, 1.82) is 0 Å². The molecule has 0 saturated carbocycles. The van der Waals surface area contributed by atoms with Crippen molar-refractivity contribution in [2.75, 3.05) is 7.11 Å². The summed E-state index contributed by atoms with van der Waals surface area (Å²) in [4.78, 5) is 4.41. The average Bonchev–Trinajstić information content (AvgIpc) is 2.54. The third-order valence-electron chi connectivity index (χ3n) is 2.55. The monoisotopic (exact) mass is 204 g/mol. The van der Waals surface area contributed by atoms with E-state index in [0.717, 1.165) is 17.1 Å². The van der Waals surface area contributed by atoms with Crippen LogP contribution in [0.5, 0.6) is 5.75 Å². The molecule has 0 radical (unpaired) electrons. The van der Waals surface area contributed by atoms with Crippen LogP contribution in [0, 0.1) is 6.92 Å². The third kappa shape index (κ3) is 1.69. The Bertz CT molecular complexity index is 486. The number of ether oxygens (including phenoxy) is 1. The fraction of sp³-hybridized carbons (Fsp3) is 0.417. The Labute approximate surface area is 89.7 Å². The van der Waals surface area contributed by atoms with Crippen molar-refractivity contribution in [3.8, 4) is 5.75 Å². The molecule has 2 aromatic rings. The fourth-order valence-electron chi connectivity index (χ4n) is 1.77. The SMILES string of the molecule is COc1cc2nc(C)cn2cc1C(C)C. The van der Waals surface area contributed by atoms with Gasteiger partial charge < -0.3 is 9.14 Å². The van der Waals surface area contributed by atoms with Gasteiger partial charge in [0, 0.05) is 24.0 Å². The molecule has 0 saturated heterocycles. The van der Waals surface area contributed by atoms with E-state index in [1.807, 2.05) is 23.6 Å². The van der Waals surface area contributed by atoms with Crippen LogP contribution < -0.4 is 4.74 Å². The normalized spacial score (nSPS) is 11.3. The van der Waals surface area contributed by atoms with Crippen LogP contribution >= 0.6 is 0 Å². The summed E-state index contributed by atoms with van der Waals surface area (Å²) in [5.41, 5.74) is 3.18. The number of aryl methyl sites for hydroxylation is 1. The molecule has 2 rings (SSSR count). The highest BCUT2D eigenvalue weighted by molar-refractivity contribution is 5.50. The van der Waals surface area contributed by atoms with Crippen LogP contribution in [0.4, 0.5) is 0 Å². The lowest BCUT2D eigenvalue weighted by Crippen LogP contribution is -1.97. The number of aromatic nitrogens is 2. The summed E-state index contributed by atoms with van der Waals surface area (Å²) in [7, 11) is 1.70. The van der Waals surface area contributed by atoms with E-state index in [2.05, 4.69) is 25.0 Å². The number of pyridine rings is 1. The van der Waals surface area contributed by atoms with Gasteiger partial charge in [0.2, 0.25) is 0 Å². The van der Waals surface area contributed by atoms with E-state index < -0.39 is 0 Å². The van der Waals surface area contributed by atoms with Crippen molar-refractivity contribution in [1.82, 2.24) is 9.38 Å². The van der Waals surface area contributed by atoms with E-state index in [0.29, 0.717) is 5.92 Å². The number of hydrogen-bond acceptors (Lipinski definition) is 2. The Balaban J connectivity index is 2.68. The van der Waals surface area contributed by atoms with Crippen LogP contribution in [-0.2, 0) is 0 Å². The van der Waals surface area contributed by atoms with Crippen LogP contribution in [0.3, 0.4) is 0 Å². The molecular formula is C12H16N2O. The van der Waals surface area contributed by atoms with Gasteiger partial charge in [-0.25, -0.2) is 4.98 Å². The van der Waals surface area contributed by atoms with Crippen molar-refractivity contribution in [2.45, 2.75) is 26.7 Å². The van der Waals surface area contributed by atoms with E-state index >= 15 is 0 Å². The zero-order chi connectivity index (χ0) is 11.0. The molecule has 0 N–H and O–H groups in total. The van der Waals surface area contributed by atoms with Gasteiger partial charge in [-0.1, -0.05) is 13.8 Å². The summed E-state index contributed by atoms with van der Waals surface area (Å²) >= 11 is 0. The molecule has 0 aliphatic carbocycles. The van der Waals surface area contributed by atoms with Crippen LogP contribution in [-0.4, -0.2) is 16.5 Å². The molecule has 0 aliphatic heterocycles. The van der Waals surface area contributed by atoms with Gasteiger partial charge in [-0.2, -0.15) is 0 Å². The summed E-state index contributed by atoms with van der Waals surface area (Å²) < 4.78 is 7.42. The van der Waals surface area contributed by atoms with E-state index in [9.17, 15) is 0 Å². The first-order valence-electron chi connectivity index (χ1n) is 5.15. The lowest BCUT2D eigenvalue weighted by molar-refractivity contribution is 0.407. The molecule has 0 aliphatic rings. The van der Waals surface area contributed by atoms with E-state index in [4.69, 9.17) is 4.74 Å². The first-order valence-corrected chi connectivity index (χ1v) is 5.15. The van der Waals surface area contributed by atoms with Crippen LogP contribution in [0.25, 0.3) is 5.65 Å². The predicted molar refractivity (Wildman–Crippen MR) is 60.6 cm³/mol. The third-order valence-corrected chi connectivity index (χ3v) is 2.55. The number of fused-ring (bicyclic) bond motifs is 1. The predicted octanol–water partition coefficient (Wildman–Crippen LogP) is 2.77. The van der Waals surface area contributed by atoms with Crippen molar-refractivity contribution < 1.29 is 4.74 Å². The molecule has 3 nitrogen and oxygen atoms in total. The summed E-state index contributed by atoms with van der Waals surface area (Å²) in [6, 6.07) is 1.99. The Kier molecular flexibility index (Phi) is 2.39. The maximum atomic E-state index is 5.37. The summed E-state index contributed by atoms with van der Waals surface area (Å²) in [6.45, 7) is 6.31. The summed E-state index contributed by atoms with van der Waals surface area (Å²) in [5.74, 6) is 1.37. The lowest BCUT2D eigenvalue weighted by atomic mass is 10.0. The molecule has 80 valence electrons. The van der Waals surface area contributed by atoms with Gasteiger partial charge in [-0.3, -0.25) is 0 Å². The molecule has 15 heavy (non-hydrogen) atoms. The van der Waals surface area contributed by atoms with E-state index in [1.165, 1.54) is 5.56 Å². The molecule has 2 aromatic heterocycles. The molecule has 0 aromatic carbocycles. The van der Waals surface area contributed by atoms with Crippen LogP contribution in [0.1, 0.15) is 31.0 Å². The second-order valence-electron chi connectivity index (χ2n) is 4.10. The lowest BCUT2D eigenvalue weighted by Gasteiger charge is -2.11. The quantitative estimate of drug-likeness (QED) is 0.752. The van der Waals surface area contributed by atoms with Gasteiger partial charge in [-0.15, -0.1) is 0 Å². The standard InChI is InChI=1S/C12H16N2O/c1-8(2)10-7-14-6-9(3)13-12(14)5-11(10)15-4/h5-8H,1-4H3. The first kappa shape index (κ1) is 10.0. The minimum Gasteiger partial charge on any atom is -0.496 e. The molecule has 0 bridgehead atoms. The molecule has 0 spiro atoms. The highest BCUT2D eigenvalue weighted by Gasteiger charge is 2.10. The average molecular weight is 204 g/mol. The molecule has 0 amide bonds. The maximum absolute atomic E-state index is 5.37. The zero-order valence-corrected chi connectivity index (χ0v) is 9.61. The Morgan fingerprint density at radius 2 is 2.07 bits per heavy atom. The number of methoxy groups -OCH3 is 1. The molecular weight excluding hydrogens is 188 g/mol. The smallest absolute Gasteiger partial charge is 0.140 e. The van der Waals surface area contributed by atoms with E-state index in [-0.39, 0.29) is 0 Å². The number of imidazole rings is 1.